The molecule has 0 aromatic heterocycles. The molecule has 180 valence electrons. The van der Waals surface area contributed by atoms with Gasteiger partial charge in [-0.2, -0.15) is 0 Å². The second-order valence-corrected chi connectivity index (χ2v) is 9.45. The summed E-state index contributed by atoms with van der Waals surface area (Å²) in [5, 5.41) is 8.16. The number of urea groups is 1. The van der Waals surface area contributed by atoms with Gasteiger partial charge in [-0.15, -0.1) is 0 Å². The van der Waals surface area contributed by atoms with E-state index in [0.717, 1.165) is 11.3 Å². The monoisotopic (exact) mass is 493 g/mol. The molecule has 3 aromatic rings. The van der Waals surface area contributed by atoms with E-state index in [1.54, 1.807) is 25.2 Å². The largest absolute Gasteiger partial charge is 0.320 e. The molecule has 0 radical (unpaired) electrons. The van der Waals surface area contributed by atoms with Crippen molar-refractivity contribution in [3.8, 4) is 0 Å². The van der Waals surface area contributed by atoms with Crippen LogP contribution in [0.1, 0.15) is 15.9 Å². The second kappa shape index (κ2) is 9.95. The highest BCUT2D eigenvalue weighted by Gasteiger charge is 2.29. The number of carbonyl (C=O) groups is 3. The van der Waals surface area contributed by atoms with Crippen LogP contribution in [0.3, 0.4) is 0 Å². The summed E-state index contributed by atoms with van der Waals surface area (Å²) in [6.45, 7) is 0.378. The van der Waals surface area contributed by atoms with Crippen LogP contribution in [0, 0.1) is 0 Å². The zero-order valence-corrected chi connectivity index (χ0v) is 19.5. The lowest BCUT2D eigenvalue weighted by molar-refractivity contribution is -0.120. The van der Waals surface area contributed by atoms with Crippen LogP contribution in [0.25, 0.3) is 0 Å². The van der Waals surface area contributed by atoms with Gasteiger partial charge in [-0.25, -0.2) is 17.9 Å². The molecule has 1 unspecified atom stereocenters. The minimum atomic E-state index is -4.05. The molecule has 0 aliphatic carbocycles. The Labute approximate surface area is 202 Å². The first-order chi connectivity index (χ1) is 16.7. The van der Waals surface area contributed by atoms with Gasteiger partial charge >= 0.3 is 6.03 Å². The Morgan fingerprint density at radius 2 is 1.69 bits per heavy atom. The summed E-state index contributed by atoms with van der Waals surface area (Å²) in [5.74, 6) is -1.19. The minimum absolute atomic E-state index is 0.0288. The molecule has 1 atom stereocenters. The highest BCUT2D eigenvalue weighted by atomic mass is 32.2. The highest BCUT2D eigenvalue weighted by molar-refractivity contribution is 7.90. The van der Waals surface area contributed by atoms with Crippen LogP contribution in [0.4, 0.5) is 16.2 Å². The average molecular weight is 494 g/mol. The van der Waals surface area contributed by atoms with E-state index in [2.05, 4.69) is 16.0 Å². The fourth-order valence-corrected chi connectivity index (χ4v) is 4.58. The Morgan fingerprint density at radius 1 is 0.971 bits per heavy atom. The summed E-state index contributed by atoms with van der Waals surface area (Å²) >= 11 is 0. The van der Waals surface area contributed by atoms with Gasteiger partial charge in [0.05, 0.1) is 4.90 Å². The topological polar surface area (TPSA) is 137 Å². The Bertz CT molecular complexity index is 1380. The lowest BCUT2D eigenvalue weighted by Crippen LogP contribution is -2.54. The van der Waals surface area contributed by atoms with Gasteiger partial charge in [0.15, 0.2) is 6.17 Å². The highest BCUT2D eigenvalue weighted by Crippen LogP contribution is 2.22. The zero-order chi connectivity index (χ0) is 25.0. The molecular weight excluding hydrogens is 470 g/mol. The third-order valence-electron chi connectivity index (χ3n) is 5.37. The molecule has 4 amide bonds. The zero-order valence-electron chi connectivity index (χ0n) is 18.7. The normalized spacial score (nSPS) is 15.5. The van der Waals surface area contributed by atoms with E-state index in [0.29, 0.717) is 6.54 Å². The predicted molar refractivity (Wildman–Crippen MR) is 130 cm³/mol. The van der Waals surface area contributed by atoms with Crippen molar-refractivity contribution in [3.63, 3.8) is 0 Å². The molecule has 0 saturated heterocycles. The van der Waals surface area contributed by atoms with Gasteiger partial charge in [-0.1, -0.05) is 42.5 Å². The lowest BCUT2D eigenvalue weighted by Gasteiger charge is -2.22. The molecular formula is C24H23N5O5S. The smallest absolute Gasteiger partial charge is 0.314 e. The SMILES string of the molecule is CN1C(=O)C(NC(=O)Nc2cccc(C(=O)NS(=O)(=O)c3ccccc3)c2)NCc2ccccc21. The van der Waals surface area contributed by atoms with Crippen LogP contribution < -0.4 is 25.6 Å². The maximum absolute atomic E-state index is 12.8. The number of amides is 4. The van der Waals surface area contributed by atoms with Crippen molar-refractivity contribution in [2.75, 3.05) is 17.3 Å². The van der Waals surface area contributed by atoms with Crippen LogP contribution in [0.2, 0.25) is 0 Å². The quantitative estimate of drug-likeness (QED) is 0.429. The summed E-state index contributed by atoms with van der Waals surface area (Å²) < 4.78 is 26.8. The number of fused-ring (bicyclic) bond motifs is 1. The molecule has 35 heavy (non-hydrogen) atoms. The van der Waals surface area contributed by atoms with Crippen LogP contribution in [-0.4, -0.2) is 39.5 Å². The molecule has 1 aliphatic rings. The van der Waals surface area contributed by atoms with Crippen molar-refractivity contribution in [3.05, 3.63) is 90.0 Å². The Hall–Kier alpha value is -4.22. The fraction of sp³-hybridized carbons (Fsp3) is 0.125. The molecule has 10 nitrogen and oxygen atoms in total. The van der Waals surface area contributed by atoms with Crippen molar-refractivity contribution in [1.82, 2.24) is 15.4 Å². The number of rotatable bonds is 5. The van der Waals surface area contributed by atoms with Crippen molar-refractivity contribution in [2.24, 2.45) is 0 Å². The van der Waals surface area contributed by atoms with Gasteiger partial charge < -0.3 is 15.5 Å². The summed E-state index contributed by atoms with van der Waals surface area (Å²) in [5.41, 5.74) is 1.93. The van der Waals surface area contributed by atoms with Gasteiger partial charge in [0.1, 0.15) is 0 Å². The third kappa shape index (κ3) is 5.48. The van der Waals surface area contributed by atoms with Crippen LogP contribution in [-0.2, 0) is 21.4 Å². The van der Waals surface area contributed by atoms with E-state index in [-0.39, 0.29) is 22.1 Å². The first-order valence-corrected chi connectivity index (χ1v) is 12.1. The Balaban J connectivity index is 1.41. The number of nitrogens with zero attached hydrogens (tertiary/aromatic N) is 1. The number of hydrogen-bond acceptors (Lipinski definition) is 6. The van der Waals surface area contributed by atoms with Gasteiger partial charge in [0, 0.05) is 30.5 Å². The van der Waals surface area contributed by atoms with Gasteiger partial charge in [0.2, 0.25) is 0 Å². The minimum Gasteiger partial charge on any atom is -0.314 e. The average Bonchev–Trinajstić information content (AvgIpc) is 2.97. The standard InChI is InChI=1S/C24H23N5O5S/c1-29-20-13-6-5-8-17(20)15-25-21(23(29)31)27-24(32)26-18-10-7-9-16(14-18)22(30)28-35(33,34)19-11-3-2-4-12-19/h2-14,21,25H,15H2,1H3,(H,28,30)(H2,26,27,32). The third-order valence-corrected chi connectivity index (χ3v) is 6.71. The Kier molecular flexibility index (Phi) is 6.80. The number of hydrogen-bond donors (Lipinski definition) is 4. The molecule has 0 bridgehead atoms. The number of nitrogens with one attached hydrogen (secondary N) is 4. The van der Waals surface area contributed by atoms with E-state index in [1.165, 1.54) is 41.3 Å². The van der Waals surface area contributed by atoms with Crippen molar-refractivity contribution >= 4 is 39.2 Å². The molecule has 0 saturated carbocycles. The number of benzene rings is 3. The van der Waals surface area contributed by atoms with Crippen LogP contribution in [0.15, 0.2) is 83.8 Å². The first kappa shape index (κ1) is 23.9. The van der Waals surface area contributed by atoms with Gasteiger partial charge in [-0.05, 0) is 42.0 Å². The molecule has 4 rings (SSSR count). The second-order valence-electron chi connectivity index (χ2n) is 7.77. The molecule has 1 aliphatic heterocycles. The summed E-state index contributed by atoms with van der Waals surface area (Å²) in [6.07, 6.45) is -0.977. The summed E-state index contributed by atoms with van der Waals surface area (Å²) in [7, 11) is -2.42. The van der Waals surface area contributed by atoms with Gasteiger partial charge in [0.25, 0.3) is 21.8 Å². The number of carbonyl (C=O) groups excluding carboxylic acids is 3. The number of anilines is 2. The van der Waals surface area contributed by atoms with E-state index in [4.69, 9.17) is 0 Å². The maximum Gasteiger partial charge on any atom is 0.320 e. The lowest BCUT2D eigenvalue weighted by atomic mass is 10.1. The molecule has 4 N–H and O–H groups in total. The van der Waals surface area contributed by atoms with Crippen molar-refractivity contribution < 1.29 is 22.8 Å². The molecule has 1 heterocycles. The van der Waals surface area contributed by atoms with Crippen molar-refractivity contribution in [1.29, 1.82) is 0 Å². The van der Waals surface area contributed by atoms with E-state index < -0.39 is 28.1 Å². The summed E-state index contributed by atoms with van der Waals surface area (Å²) in [4.78, 5) is 39.3. The fourth-order valence-electron chi connectivity index (χ4n) is 3.59. The van der Waals surface area contributed by atoms with E-state index in [1.807, 2.05) is 29.0 Å². The Morgan fingerprint density at radius 3 is 2.46 bits per heavy atom. The number of para-hydroxylation sites is 1. The maximum atomic E-state index is 12.8. The molecule has 0 spiro atoms. The van der Waals surface area contributed by atoms with Crippen LogP contribution in [0.5, 0.6) is 0 Å². The predicted octanol–water partition coefficient (Wildman–Crippen LogP) is 2.02. The van der Waals surface area contributed by atoms with E-state index >= 15 is 0 Å². The molecule has 11 heteroatoms. The summed E-state index contributed by atoms with van der Waals surface area (Å²) in [6, 6.07) is 20.0. The van der Waals surface area contributed by atoms with Crippen LogP contribution >= 0.6 is 0 Å². The van der Waals surface area contributed by atoms with Gasteiger partial charge in [-0.3, -0.25) is 14.9 Å². The number of likely N-dealkylation sites (N-methyl/N-ethyl adjacent to an activating group) is 1. The first-order valence-electron chi connectivity index (χ1n) is 10.6. The van der Waals surface area contributed by atoms with E-state index in [9.17, 15) is 22.8 Å². The molecule has 0 fully saturated rings. The molecule has 3 aromatic carbocycles. The number of sulfonamides is 1. The van der Waals surface area contributed by atoms with Crippen molar-refractivity contribution in [2.45, 2.75) is 17.6 Å².